The van der Waals surface area contributed by atoms with Crippen molar-refractivity contribution >= 4 is 35.8 Å². The number of rotatable bonds is 5. The molecule has 3 fully saturated rings. The van der Waals surface area contributed by atoms with Gasteiger partial charge in [0.15, 0.2) is 5.96 Å². The van der Waals surface area contributed by atoms with Gasteiger partial charge in [0.1, 0.15) is 0 Å². The Bertz CT molecular complexity index is 452. The lowest BCUT2D eigenvalue weighted by Gasteiger charge is -2.25. The molecule has 0 bridgehead atoms. The minimum atomic E-state index is 0. The highest BCUT2D eigenvalue weighted by molar-refractivity contribution is 14.0. The van der Waals surface area contributed by atoms with Crippen LogP contribution in [0.3, 0.4) is 0 Å². The molecule has 1 N–H and O–H groups in total. The number of ether oxygens (including phenoxy) is 1. The smallest absolute Gasteiger partial charge is 0.222 e. The molecule has 3 aliphatic heterocycles. The van der Waals surface area contributed by atoms with E-state index in [4.69, 9.17) is 9.73 Å². The zero-order valence-corrected chi connectivity index (χ0v) is 17.1. The minimum absolute atomic E-state index is 0. The van der Waals surface area contributed by atoms with Gasteiger partial charge in [-0.05, 0) is 32.6 Å². The van der Waals surface area contributed by atoms with E-state index in [0.717, 1.165) is 77.7 Å². The monoisotopic (exact) mass is 450 g/mol. The largest absolute Gasteiger partial charge is 0.381 e. The fraction of sp³-hybridized carbons (Fsp3) is 0.882. The van der Waals surface area contributed by atoms with Gasteiger partial charge in [0.25, 0.3) is 0 Å². The molecule has 6 nitrogen and oxygen atoms in total. The molecule has 24 heavy (non-hydrogen) atoms. The third-order valence-electron chi connectivity index (χ3n) is 5.28. The Kier molecular flexibility index (Phi) is 7.59. The second-order valence-corrected chi connectivity index (χ2v) is 7.05. The lowest BCUT2D eigenvalue weighted by Crippen LogP contribution is -2.41. The van der Waals surface area contributed by atoms with Crippen molar-refractivity contribution in [1.29, 1.82) is 0 Å². The molecule has 138 valence electrons. The van der Waals surface area contributed by atoms with Gasteiger partial charge >= 0.3 is 0 Å². The maximum Gasteiger partial charge on any atom is 0.222 e. The van der Waals surface area contributed by atoms with Crippen molar-refractivity contribution in [2.24, 2.45) is 10.4 Å². The highest BCUT2D eigenvalue weighted by Crippen LogP contribution is 2.38. The van der Waals surface area contributed by atoms with Crippen LogP contribution in [0.15, 0.2) is 4.99 Å². The highest BCUT2D eigenvalue weighted by atomic mass is 127. The van der Waals surface area contributed by atoms with E-state index < -0.39 is 0 Å². The molecule has 0 saturated carbocycles. The molecule has 3 heterocycles. The minimum Gasteiger partial charge on any atom is -0.381 e. The molecule has 0 aromatic heterocycles. The number of likely N-dealkylation sites (tertiary alicyclic amines) is 2. The molecular formula is C17H31IN4O2. The molecule has 0 radical (unpaired) electrons. The molecule has 0 aromatic rings. The molecule has 1 spiro atoms. The van der Waals surface area contributed by atoms with E-state index in [1.54, 1.807) is 0 Å². The van der Waals surface area contributed by atoms with Crippen LogP contribution in [-0.4, -0.2) is 74.1 Å². The van der Waals surface area contributed by atoms with Crippen LogP contribution in [0, 0.1) is 5.41 Å². The Morgan fingerprint density at radius 1 is 1.38 bits per heavy atom. The molecule has 1 unspecified atom stereocenters. The second kappa shape index (κ2) is 9.22. The number of guanidine groups is 1. The number of carbonyl (C=O) groups is 1. The molecule has 7 heteroatoms. The first-order valence-corrected chi connectivity index (χ1v) is 9.11. The SMILES string of the molecule is CCNC(=NCCCN1CCCC1=O)N1CCC2(CCOC2)C1.I. The summed E-state index contributed by atoms with van der Waals surface area (Å²) in [6.07, 6.45) is 5.08. The third-order valence-corrected chi connectivity index (χ3v) is 5.28. The molecule has 3 saturated heterocycles. The van der Waals surface area contributed by atoms with Gasteiger partial charge in [-0.25, -0.2) is 0 Å². The average molecular weight is 450 g/mol. The van der Waals surface area contributed by atoms with Crippen LogP contribution in [0.2, 0.25) is 0 Å². The number of hydrogen-bond acceptors (Lipinski definition) is 3. The van der Waals surface area contributed by atoms with Crippen LogP contribution >= 0.6 is 24.0 Å². The van der Waals surface area contributed by atoms with Crippen LogP contribution in [0.25, 0.3) is 0 Å². The van der Waals surface area contributed by atoms with E-state index in [2.05, 4.69) is 17.1 Å². The van der Waals surface area contributed by atoms with Crippen molar-refractivity contribution in [3.05, 3.63) is 0 Å². The van der Waals surface area contributed by atoms with Crippen molar-refractivity contribution in [3.8, 4) is 0 Å². The second-order valence-electron chi connectivity index (χ2n) is 7.05. The Labute approximate surface area is 162 Å². The van der Waals surface area contributed by atoms with E-state index in [1.807, 2.05) is 4.90 Å². The lowest BCUT2D eigenvalue weighted by atomic mass is 9.87. The number of nitrogens with zero attached hydrogens (tertiary/aromatic N) is 3. The summed E-state index contributed by atoms with van der Waals surface area (Å²) in [4.78, 5) is 20.8. The summed E-state index contributed by atoms with van der Waals surface area (Å²) >= 11 is 0. The molecule has 3 rings (SSSR count). The maximum absolute atomic E-state index is 11.6. The number of amides is 1. The molecule has 1 atom stereocenters. The van der Waals surface area contributed by atoms with Crippen LogP contribution < -0.4 is 5.32 Å². The predicted octanol–water partition coefficient (Wildman–Crippen LogP) is 1.69. The van der Waals surface area contributed by atoms with Crippen LogP contribution in [0.4, 0.5) is 0 Å². The van der Waals surface area contributed by atoms with E-state index in [1.165, 1.54) is 12.8 Å². The van der Waals surface area contributed by atoms with Crippen molar-refractivity contribution < 1.29 is 9.53 Å². The number of nitrogens with one attached hydrogen (secondary N) is 1. The fourth-order valence-electron chi connectivity index (χ4n) is 3.90. The van der Waals surface area contributed by atoms with Gasteiger partial charge in [-0.1, -0.05) is 0 Å². The van der Waals surface area contributed by atoms with Crippen molar-refractivity contribution in [2.45, 2.75) is 39.0 Å². The predicted molar refractivity (Wildman–Crippen MR) is 106 cm³/mol. The summed E-state index contributed by atoms with van der Waals surface area (Å²) in [7, 11) is 0. The van der Waals surface area contributed by atoms with Gasteiger partial charge in [0.2, 0.25) is 5.91 Å². The van der Waals surface area contributed by atoms with Gasteiger partial charge < -0.3 is 19.9 Å². The standard InChI is InChI=1S/C17H30N4O2.HI/c1-2-18-16(19-8-4-10-20-9-3-5-15(20)22)21-11-6-17(13-21)7-12-23-14-17;/h2-14H2,1H3,(H,18,19);1H. The number of hydrogen-bond donors (Lipinski definition) is 1. The lowest BCUT2D eigenvalue weighted by molar-refractivity contribution is -0.127. The quantitative estimate of drug-likeness (QED) is 0.300. The fourth-order valence-corrected chi connectivity index (χ4v) is 3.90. The van der Waals surface area contributed by atoms with Gasteiger partial charge in [-0.15, -0.1) is 24.0 Å². The molecule has 0 aromatic carbocycles. The third kappa shape index (κ3) is 4.74. The topological polar surface area (TPSA) is 57.2 Å². The van der Waals surface area contributed by atoms with Gasteiger partial charge in [-0.3, -0.25) is 9.79 Å². The zero-order chi connectivity index (χ0) is 16.1. The van der Waals surface area contributed by atoms with Gasteiger partial charge in [0, 0.05) is 57.7 Å². The Hall–Kier alpha value is -0.570. The zero-order valence-electron chi connectivity index (χ0n) is 14.8. The highest BCUT2D eigenvalue weighted by Gasteiger charge is 2.42. The maximum atomic E-state index is 11.6. The molecule has 0 aliphatic carbocycles. The summed E-state index contributed by atoms with van der Waals surface area (Å²) in [5.41, 5.74) is 0.359. The normalized spacial score (nSPS) is 27.2. The van der Waals surface area contributed by atoms with Crippen LogP contribution in [0.5, 0.6) is 0 Å². The number of aliphatic imine (C=N–C) groups is 1. The van der Waals surface area contributed by atoms with Gasteiger partial charge in [0.05, 0.1) is 6.61 Å². The van der Waals surface area contributed by atoms with E-state index >= 15 is 0 Å². The first-order chi connectivity index (χ1) is 11.2. The first kappa shape index (κ1) is 19.8. The Morgan fingerprint density at radius 3 is 2.92 bits per heavy atom. The molecule has 1 amide bonds. The number of halogens is 1. The Morgan fingerprint density at radius 2 is 2.25 bits per heavy atom. The van der Waals surface area contributed by atoms with E-state index in [-0.39, 0.29) is 24.0 Å². The molecular weight excluding hydrogens is 419 g/mol. The van der Waals surface area contributed by atoms with Crippen LogP contribution in [-0.2, 0) is 9.53 Å². The summed E-state index contributed by atoms with van der Waals surface area (Å²) in [5.74, 6) is 1.34. The Balaban J connectivity index is 0.00000208. The summed E-state index contributed by atoms with van der Waals surface area (Å²) < 4.78 is 5.61. The molecule has 3 aliphatic rings. The van der Waals surface area contributed by atoms with E-state index in [9.17, 15) is 4.79 Å². The van der Waals surface area contributed by atoms with Crippen LogP contribution in [0.1, 0.15) is 39.0 Å². The first-order valence-electron chi connectivity index (χ1n) is 9.11. The average Bonchev–Trinajstić information content (AvgIpc) is 3.27. The van der Waals surface area contributed by atoms with E-state index in [0.29, 0.717) is 11.3 Å². The van der Waals surface area contributed by atoms with Crippen molar-refractivity contribution in [3.63, 3.8) is 0 Å². The van der Waals surface area contributed by atoms with Gasteiger partial charge in [-0.2, -0.15) is 0 Å². The summed E-state index contributed by atoms with van der Waals surface area (Å²) in [5, 5.41) is 3.42. The summed E-state index contributed by atoms with van der Waals surface area (Å²) in [6, 6.07) is 0. The number of carbonyl (C=O) groups excluding carboxylic acids is 1. The van der Waals surface area contributed by atoms with Crippen molar-refractivity contribution in [1.82, 2.24) is 15.1 Å². The summed E-state index contributed by atoms with van der Waals surface area (Å²) in [6.45, 7) is 9.50. The van der Waals surface area contributed by atoms with Crippen molar-refractivity contribution in [2.75, 3.05) is 52.5 Å².